The molecule has 1 aromatic rings. The van der Waals surface area contributed by atoms with Crippen molar-refractivity contribution in [2.45, 2.75) is 45.3 Å². The molecule has 2 rings (SSSR count). The number of hydrogen-bond acceptors (Lipinski definition) is 3. The van der Waals surface area contributed by atoms with Crippen LogP contribution in [0.5, 0.6) is 5.75 Å². The van der Waals surface area contributed by atoms with Crippen molar-refractivity contribution < 1.29 is 4.74 Å². The van der Waals surface area contributed by atoms with Crippen molar-refractivity contribution in [1.29, 1.82) is 0 Å². The molecule has 0 amide bonds. The highest BCUT2D eigenvalue weighted by Gasteiger charge is 2.27. The number of rotatable bonds is 5. The van der Waals surface area contributed by atoms with Crippen LogP contribution in [-0.2, 0) is 0 Å². The van der Waals surface area contributed by atoms with Gasteiger partial charge in [-0.1, -0.05) is 6.42 Å². The second-order valence-electron chi connectivity index (χ2n) is 5.08. The van der Waals surface area contributed by atoms with Crippen molar-refractivity contribution in [2.75, 3.05) is 7.05 Å². The van der Waals surface area contributed by atoms with Crippen LogP contribution in [0.3, 0.4) is 0 Å². The van der Waals surface area contributed by atoms with Gasteiger partial charge in [0.25, 0.3) is 0 Å². The minimum atomic E-state index is 0.198. The van der Waals surface area contributed by atoms with Crippen molar-refractivity contribution in [1.82, 2.24) is 10.3 Å². The Morgan fingerprint density at radius 3 is 2.65 bits per heavy atom. The predicted octanol–water partition coefficient (Wildman–Crippen LogP) is 2.93. The average molecular weight is 234 g/mol. The van der Waals surface area contributed by atoms with E-state index in [0.29, 0.717) is 6.04 Å². The molecule has 1 unspecified atom stereocenters. The molecular formula is C14H22N2O. The van der Waals surface area contributed by atoms with Crippen LogP contribution in [0.2, 0.25) is 0 Å². The van der Waals surface area contributed by atoms with E-state index >= 15 is 0 Å². The van der Waals surface area contributed by atoms with E-state index in [1.165, 1.54) is 24.8 Å². The molecule has 17 heavy (non-hydrogen) atoms. The minimum Gasteiger partial charge on any atom is -0.489 e. The monoisotopic (exact) mass is 234 g/mol. The van der Waals surface area contributed by atoms with Crippen LogP contribution in [0.1, 0.15) is 44.7 Å². The van der Waals surface area contributed by atoms with Crippen molar-refractivity contribution in [3.05, 3.63) is 24.0 Å². The van der Waals surface area contributed by atoms with Crippen LogP contribution in [0.25, 0.3) is 0 Å². The zero-order valence-electron chi connectivity index (χ0n) is 10.9. The number of ether oxygens (including phenoxy) is 1. The summed E-state index contributed by atoms with van der Waals surface area (Å²) in [4.78, 5) is 4.28. The summed E-state index contributed by atoms with van der Waals surface area (Å²) >= 11 is 0. The summed E-state index contributed by atoms with van der Waals surface area (Å²) in [6.45, 7) is 4.07. The Labute approximate surface area is 104 Å². The SMILES string of the molecule is CNC(c1cncc(OC(C)C)c1)C1CCC1. The molecule has 3 nitrogen and oxygen atoms in total. The molecule has 1 fully saturated rings. The zero-order chi connectivity index (χ0) is 12.3. The maximum atomic E-state index is 5.69. The molecule has 0 spiro atoms. The van der Waals surface area contributed by atoms with Gasteiger partial charge in [0.1, 0.15) is 5.75 Å². The third-order valence-electron chi connectivity index (χ3n) is 3.40. The van der Waals surface area contributed by atoms with Gasteiger partial charge in [0.05, 0.1) is 12.3 Å². The minimum absolute atomic E-state index is 0.198. The first kappa shape index (κ1) is 12.4. The predicted molar refractivity (Wildman–Crippen MR) is 69.1 cm³/mol. The van der Waals surface area contributed by atoms with E-state index < -0.39 is 0 Å². The summed E-state index contributed by atoms with van der Waals surface area (Å²) in [6.07, 6.45) is 7.94. The molecule has 0 radical (unpaired) electrons. The molecule has 3 heteroatoms. The van der Waals surface area contributed by atoms with E-state index in [2.05, 4.69) is 16.4 Å². The summed E-state index contributed by atoms with van der Waals surface area (Å²) in [6, 6.07) is 2.54. The van der Waals surface area contributed by atoms with Gasteiger partial charge in [-0.25, -0.2) is 0 Å². The Bertz CT molecular complexity index is 361. The summed E-state index contributed by atoms with van der Waals surface area (Å²) in [5.41, 5.74) is 1.25. The second kappa shape index (κ2) is 5.50. The van der Waals surface area contributed by atoms with E-state index in [0.717, 1.165) is 11.7 Å². The quantitative estimate of drug-likeness (QED) is 0.850. The molecule has 0 aromatic carbocycles. The number of aromatic nitrogens is 1. The fraction of sp³-hybridized carbons (Fsp3) is 0.643. The van der Waals surface area contributed by atoms with Crippen LogP contribution in [0, 0.1) is 5.92 Å². The van der Waals surface area contributed by atoms with Crippen molar-refractivity contribution in [2.24, 2.45) is 5.92 Å². The molecule has 94 valence electrons. The van der Waals surface area contributed by atoms with Gasteiger partial charge < -0.3 is 10.1 Å². The number of nitrogens with zero attached hydrogens (tertiary/aromatic N) is 1. The lowest BCUT2D eigenvalue weighted by Gasteiger charge is -2.33. The lowest BCUT2D eigenvalue weighted by atomic mass is 9.77. The summed E-state index contributed by atoms with van der Waals surface area (Å²) in [7, 11) is 2.03. The molecule has 1 aliphatic rings. The zero-order valence-corrected chi connectivity index (χ0v) is 10.9. The number of nitrogens with one attached hydrogen (secondary N) is 1. The van der Waals surface area contributed by atoms with Crippen molar-refractivity contribution in [3.8, 4) is 5.75 Å². The van der Waals surface area contributed by atoms with Gasteiger partial charge >= 0.3 is 0 Å². The van der Waals surface area contributed by atoms with Crippen LogP contribution >= 0.6 is 0 Å². The van der Waals surface area contributed by atoms with Crippen LogP contribution in [-0.4, -0.2) is 18.1 Å². The summed E-state index contributed by atoms with van der Waals surface area (Å²) in [5, 5.41) is 3.41. The summed E-state index contributed by atoms with van der Waals surface area (Å²) < 4.78 is 5.69. The second-order valence-corrected chi connectivity index (χ2v) is 5.08. The lowest BCUT2D eigenvalue weighted by Crippen LogP contribution is -2.29. The first-order valence-corrected chi connectivity index (χ1v) is 6.49. The number of hydrogen-bond donors (Lipinski definition) is 1. The Morgan fingerprint density at radius 1 is 1.35 bits per heavy atom. The van der Waals surface area contributed by atoms with Gasteiger partial charge in [0, 0.05) is 12.2 Å². The van der Waals surface area contributed by atoms with Gasteiger partial charge in [0.2, 0.25) is 0 Å². The lowest BCUT2D eigenvalue weighted by molar-refractivity contribution is 0.231. The largest absolute Gasteiger partial charge is 0.489 e. The highest BCUT2D eigenvalue weighted by atomic mass is 16.5. The third kappa shape index (κ3) is 2.97. The molecule has 0 bridgehead atoms. The molecular weight excluding hydrogens is 212 g/mol. The van der Waals surface area contributed by atoms with Gasteiger partial charge in [-0.15, -0.1) is 0 Å². The molecule has 0 saturated heterocycles. The molecule has 1 aromatic heterocycles. The van der Waals surface area contributed by atoms with Gasteiger partial charge in [-0.2, -0.15) is 0 Å². The normalized spacial score (nSPS) is 17.9. The fourth-order valence-electron chi connectivity index (χ4n) is 2.39. The Hall–Kier alpha value is -1.09. The Balaban J connectivity index is 2.12. The average Bonchev–Trinajstić information content (AvgIpc) is 2.22. The van der Waals surface area contributed by atoms with E-state index in [1.807, 2.05) is 27.1 Å². The van der Waals surface area contributed by atoms with Gasteiger partial charge in [0.15, 0.2) is 0 Å². The third-order valence-corrected chi connectivity index (χ3v) is 3.40. The van der Waals surface area contributed by atoms with Crippen LogP contribution in [0.4, 0.5) is 0 Å². The molecule has 1 atom stereocenters. The molecule has 0 aliphatic heterocycles. The van der Waals surface area contributed by atoms with E-state index in [9.17, 15) is 0 Å². The van der Waals surface area contributed by atoms with E-state index in [4.69, 9.17) is 4.74 Å². The molecule has 1 heterocycles. The van der Waals surface area contributed by atoms with Crippen molar-refractivity contribution >= 4 is 0 Å². The highest BCUT2D eigenvalue weighted by Crippen LogP contribution is 2.37. The van der Waals surface area contributed by atoms with Gasteiger partial charge in [-0.05, 0) is 51.3 Å². The number of pyridine rings is 1. The van der Waals surface area contributed by atoms with E-state index in [-0.39, 0.29) is 6.10 Å². The summed E-state index contributed by atoms with van der Waals surface area (Å²) in [5.74, 6) is 1.63. The van der Waals surface area contributed by atoms with Crippen LogP contribution in [0.15, 0.2) is 18.5 Å². The maximum absolute atomic E-state index is 5.69. The highest BCUT2D eigenvalue weighted by molar-refractivity contribution is 5.27. The maximum Gasteiger partial charge on any atom is 0.138 e. The van der Waals surface area contributed by atoms with Gasteiger partial charge in [-0.3, -0.25) is 4.98 Å². The molecule has 1 aliphatic carbocycles. The molecule has 1 N–H and O–H groups in total. The molecule has 1 saturated carbocycles. The Kier molecular flexibility index (Phi) is 4.00. The Morgan fingerprint density at radius 2 is 2.12 bits per heavy atom. The fourth-order valence-corrected chi connectivity index (χ4v) is 2.39. The smallest absolute Gasteiger partial charge is 0.138 e. The van der Waals surface area contributed by atoms with Crippen molar-refractivity contribution in [3.63, 3.8) is 0 Å². The van der Waals surface area contributed by atoms with Crippen LogP contribution < -0.4 is 10.1 Å². The first-order chi connectivity index (χ1) is 8.20. The first-order valence-electron chi connectivity index (χ1n) is 6.49. The standard InChI is InChI=1S/C14H22N2O/c1-10(2)17-13-7-12(8-16-9-13)14(15-3)11-5-4-6-11/h7-11,14-15H,4-6H2,1-3H3. The topological polar surface area (TPSA) is 34.2 Å². The van der Waals surface area contributed by atoms with E-state index in [1.54, 1.807) is 6.20 Å².